The van der Waals surface area contributed by atoms with Gasteiger partial charge in [-0.15, -0.1) is 11.8 Å². The van der Waals surface area contributed by atoms with Crippen molar-refractivity contribution in [3.63, 3.8) is 0 Å². The lowest BCUT2D eigenvalue weighted by Gasteiger charge is -2.29. The number of hydrogen-bond donors (Lipinski definition) is 1. The van der Waals surface area contributed by atoms with Gasteiger partial charge in [-0.05, 0) is 43.2 Å². The number of amides is 2. The molecule has 0 atom stereocenters. The Bertz CT molecular complexity index is 1100. The fraction of sp³-hybridized carbons (Fsp3) is 0.300. The van der Waals surface area contributed by atoms with Crippen molar-refractivity contribution >= 4 is 56.6 Å². The first-order chi connectivity index (χ1) is 14.4. The number of benzene rings is 2. The van der Waals surface area contributed by atoms with E-state index in [1.54, 1.807) is 36.4 Å². The first-order valence-electron chi connectivity index (χ1n) is 9.48. The van der Waals surface area contributed by atoms with E-state index < -0.39 is 15.9 Å². The number of para-hydroxylation sites is 1. The van der Waals surface area contributed by atoms with E-state index in [0.29, 0.717) is 29.5 Å². The zero-order chi connectivity index (χ0) is 21.3. The Morgan fingerprint density at radius 2 is 1.87 bits per heavy atom. The molecule has 2 amide bonds. The lowest BCUT2D eigenvalue weighted by Crippen LogP contribution is -2.41. The van der Waals surface area contributed by atoms with Crippen LogP contribution < -0.4 is 10.2 Å². The Hall–Kier alpha value is -2.07. The summed E-state index contributed by atoms with van der Waals surface area (Å²) in [7, 11) is -3.63. The molecule has 2 aromatic carbocycles. The number of rotatable bonds is 5. The molecular formula is C20H20ClN3O4S2. The van der Waals surface area contributed by atoms with Gasteiger partial charge in [0.15, 0.2) is 0 Å². The second kappa shape index (κ2) is 8.58. The smallest absolute Gasteiger partial charge is 0.244 e. The van der Waals surface area contributed by atoms with Crippen LogP contribution in [0.5, 0.6) is 0 Å². The second-order valence-corrected chi connectivity index (χ2v) is 10.4. The third kappa shape index (κ3) is 4.20. The highest BCUT2D eigenvalue weighted by atomic mass is 35.5. The van der Waals surface area contributed by atoms with Crippen molar-refractivity contribution in [3.8, 4) is 0 Å². The quantitative estimate of drug-likeness (QED) is 0.732. The number of hydrogen-bond acceptors (Lipinski definition) is 5. The summed E-state index contributed by atoms with van der Waals surface area (Å²) in [5, 5.41) is 3.09. The Morgan fingerprint density at radius 1 is 1.13 bits per heavy atom. The molecule has 2 aliphatic heterocycles. The van der Waals surface area contributed by atoms with E-state index in [2.05, 4.69) is 5.32 Å². The number of carbonyl (C=O) groups excluding carboxylic acids is 2. The van der Waals surface area contributed by atoms with Crippen LogP contribution >= 0.6 is 23.4 Å². The molecule has 2 aromatic rings. The van der Waals surface area contributed by atoms with Gasteiger partial charge in [0.2, 0.25) is 21.8 Å². The summed E-state index contributed by atoms with van der Waals surface area (Å²) in [6, 6.07) is 11.6. The number of sulfonamides is 1. The fourth-order valence-electron chi connectivity index (χ4n) is 3.49. The largest absolute Gasteiger partial charge is 0.323 e. The van der Waals surface area contributed by atoms with E-state index in [9.17, 15) is 18.0 Å². The number of nitrogens with zero attached hydrogens (tertiary/aromatic N) is 2. The lowest BCUT2D eigenvalue weighted by molar-refractivity contribution is -0.120. The summed E-state index contributed by atoms with van der Waals surface area (Å²) < 4.78 is 27.3. The van der Waals surface area contributed by atoms with E-state index in [-0.39, 0.29) is 23.1 Å². The highest BCUT2D eigenvalue weighted by Crippen LogP contribution is 2.37. The van der Waals surface area contributed by atoms with Crippen molar-refractivity contribution in [1.82, 2.24) is 4.31 Å². The molecule has 0 saturated carbocycles. The van der Waals surface area contributed by atoms with Crippen LogP contribution in [0.2, 0.25) is 5.02 Å². The Labute approximate surface area is 184 Å². The van der Waals surface area contributed by atoms with Gasteiger partial charge in [-0.2, -0.15) is 4.31 Å². The minimum absolute atomic E-state index is 0.134. The van der Waals surface area contributed by atoms with Gasteiger partial charge in [-0.1, -0.05) is 23.7 Å². The van der Waals surface area contributed by atoms with Gasteiger partial charge in [0.1, 0.15) is 6.54 Å². The molecule has 2 heterocycles. The zero-order valence-electron chi connectivity index (χ0n) is 16.0. The second-order valence-electron chi connectivity index (χ2n) is 7.04. The molecule has 4 rings (SSSR count). The third-order valence-electron chi connectivity index (χ3n) is 5.03. The van der Waals surface area contributed by atoms with Crippen molar-refractivity contribution in [2.75, 3.05) is 35.6 Å². The Kier molecular flexibility index (Phi) is 6.06. The Balaban J connectivity index is 1.60. The first kappa shape index (κ1) is 21.2. The standard InChI is InChI=1S/C20H20ClN3O4S2/c21-15-5-1-2-6-16(15)22-19(25)12-24-17-11-14(7-8-18(17)29-13-20(24)26)30(27,28)23-9-3-4-10-23/h1-2,5-8,11H,3-4,9-10,12-13H2,(H,22,25). The number of carbonyl (C=O) groups is 2. The van der Waals surface area contributed by atoms with Crippen LogP contribution in [0.1, 0.15) is 12.8 Å². The topological polar surface area (TPSA) is 86.8 Å². The molecule has 0 radical (unpaired) electrons. The fourth-order valence-corrected chi connectivity index (χ4v) is 6.13. The van der Waals surface area contributed by atoms with Crippen LogP contribution in [0.25, 0.3) is 0 Å². The molecule has 158 valence electrons. The van der Waals surface area contributed by atoms with Crippen molar-refractivity contribution in [3.05, 3.63) is 47.5 Å². The molecule has 7 nitrogen and oxygen atoms in total. The van der Waals surface area contributed by atoms with E-state index >= 15 is 0 Å². The maximum Gasteiger partial charge on any atom is 0.244 e. The summed E-state index contributed by atoms with van der Waals surface area (Å²) in [6.07, 6.45) is 1.68. The summed E-state index contributed by atoms with van der Waals surface area (Å²) in [5.41, 5.74) is 0.888. The summed E-state index contributed by atoms with van der Waals surface area (Å²) in [6.45, 7) is 0.763. The van der Waals surface area contributed by atoms with Gasteiger partial charge in [0, 0.05) is 18.0 Å². The van der Waals surface area contributed by atoms with Gasteiger partial charge in [0.25, 0.3) is 0 Å². The van der Waals surface area contributed by atoms with Gasteiger partial charge < -0.3 is 10.2 Å². The predicted octanol–water partition coefficient (Wildman–Crippen LogP) is 3.20. The van der Waals surface area contributed by atoms with Crippen molar-refractivity contribution in [2.24, 2.45) is 0 Å². The average Bonchev–Trinajstić information content (AvgIpc) is 3.27. The molecule has 10 heteroatoms. The van der Waals surface area contributed by atoms with Gasteiger partial charge >= 0.3 is 0 Å². The Morgan fingerprint density at radius 3 is 2.60 bits per heavy atom. The van der Waals surface area contributed by atoms with Gasteiger partial charge in [-0.3, -0.25) is 9.59 Å². The summed E-state index contributed by atoms with van der Waals surface area (Å²) >= 11 is 7.42. The number of halogens is 1. The number of fused-ring (bicyclic) bond motifs is 1. The van der Waals surface area contributed by atoms with Gasteiger partial charge in [0.05, 0.1) is 27.0 Å². The minimum Gasteiger partial charge on any atom is -0.323 e. The highest BCUT2D eigenvalue weighted by Gasteiger charge is 2.31. The van der Waals surface area contributed by atoms with E-state index in [1.165, 1.54) is 27.0 Å². The van der Waals surface area contributed by atoms with Crippen molar-refractivity contribution < 1.29 is 18.0 Å². The van der Waals surface area contributed by atoms with Crippen LogP contribution in [0.3, 0.4) is 0 Å². The average molecular weight is 466 g/mol. The first-order valence-corrected chi connectivity index (χ1v) is 12.3. The number of thioether (sulfide) groups is 1. The van der Waals surface area contributed by atoms with Crippen molar-refractivity contribution in [2.45, 2.75) is 22.6 Å². The van der Waals surface area contributed by atoms with Crippen molar-refractivity contribution in [1.29, 1.82) is 0 Å². The van der Waals surface area contributed by atoms with E-state index in [0.717, 1.165) is 17.7 Å². The van der Waals surface area contributed by atoms with Crippen LogP contribution in [-0.2, 0) is 19.6 Å². The lowest BCUT2D eigenvalue weighted by atomic mass is 10.2. The molecule has 30 heavy (non-hydrogen) atoms. The zero-order valence-corrected chi connectivity index (χ0v) is 18.4. The molecule has 0 spiro atoms. The van der Waals surface area contributed by atoms with Crippen LogP contribution in [0.4, 0.5) is 11.4 Å². The predicted molar refractivity (Wildman–Crippen MR) is 118 cm³/mol. The van der Waals surface area contributed by atoms with Crippen LogP contribution in [0.15, 0.2) is 52.3 Å². The number of anilines is 2. The molecule has 2 aliphatic rings. The van der Waals surface area contributed by atoms with Crippen LogP contribution in [0, 0.1) is 0 Å². The molecule has 1 fully saturated rings. The summed E-state index contributed by atoms with van der Waals surface area (Å²) in [4.78, 5) is 27.4. The molecular weight excluding hydrogens is 446 g/mol. The maximum absolute atomic E-state index is 12.9. The molecule has 0 bridgehead atoms. The van der Waals surface area contributed by atoms with E-state index in [4.69, 9.17) is 11.6 Å². The molecule has 0 aliphatic carbocycles. The van der Waals surface area contributed by atoms with Gasteiger partial charge in [-0.25, -0.2) is 8.42 Å². The minimum atomic E-state index is -3.63. The normalized spacial score (nSPS) is 17.1. The van der Waals surface area contributed by atoms with Crippen LogP contribution in [-0.4, -0.2) is 49.9 Å². The number of nitrogens with one attached hydrogen (secondary N) is 1. The molecule has 1 saturated heterocycles. The molecule has 1 N–H and O–H groups in total. The van der Waals surface area contributed by atoms with E-state index in [1.807, 2.05) is 0 Å². The molecule has 0 unspecified atom stereocenters. The highest BCUT2D eigenvalue weighted by molar-refractivity contribution is 8.00. The monoisotopic (exact) mass is 465 g/mol. The maximum atomic E-state index is 12.9. The third-order valence-corrected chi connectivity index (χ3v) is 8.30. The summed E-state index contributed by atoms with van der Waals surface area (Å²) in [5.74, 6) is -0.482. The SMILES string of the molecule is O=C(CN1C(=O)CSc2ccc(S(=O)(=O)N3CCCC3)cc21)Nc1ccccc1Cl. The molecule has 0 aromatic heterocycles.